The van der Waals surface area contributed by atoms with E-state index in [0.29, 0.717) is 6.61 Å². The number of aliphatic hydroxyl groups is 1. The van der Waals surface area contributed by atoms with Gasteiger partial charge < -0.3 is 15.2 Å². The van der Waals surface area contributed by atoms with Gasteiger partial charge in [-0.15, -0.1) is 0 Å². The molecule has 0 spiro atoms. The first kappa shape index (κ1) is 12.0. The highest BCUT2D eigenvalue weighted by Gasteiger charge is 2.33. The van der Waals surface area contributed by atoms with Crippen LogP contribution in [0.1, 0.15) is 34.1 Å². The van der Waals surface area contributed by atoms with Gasteiger partial charge in [-0.25, -0.2) is 0 Å². The molecule has 1 atom stereocenters. The van der Waals surface area contributed by atoms with Crippen LogP contribution < -0.4 is 5.32 Å². The van der Waals surface area contributed by atoms with E-state index in [0.717, 1.165) is 19.5 Å². The SMILES string of the molecule is CC(C)(O)COC1CCNCC1(C)C. The minimum absolute atomic E-state index is 0.170. The molecule has 0 aromatic rings. The molecule has 1 fully saturated rings. The van der Waals surface area contributed by atoms with Crippen molar-refractivity contribution in [3.8, 4) is 0 Å². The molecule has 14 heavy (non-hydrogen) atoms. The molecule has 0 aliphatic carbocycles. The lowest BCUT2D eigenvalue weighted by molar-refractivity contribution is -0.0986. The maximum Gasteiger partial charge on any atom is 0.0824 e. The van der Waals surface area contributed by atoms with Crippen LogP contribution in [0.4, 0.5) is 0 Å². The van der Waals surface area contributed by atoms with Crippen molar-refractivity contribution >= 4 is 0 Å². The Labute approximate surface area is 86.8 Å². The summed E-state index contributed by atoms with van der Waals surface area (Å²) in [5.41, 5.74) is -0.551. The average Bonchev–Trinajstić information content (AvgIpc) is 2.00. The number of ether oxygens (including phenoxy) is 1. The standard InChI is InChI=1S/C11H23NO2/c1-10(2)7-12-6-5-9(10)14-8-11(3,4)13/h9,12-13H,5-8H2,1-4H3. The molecule has 1 aliphatic heterocycles. The summed E-state index contributed by atoms with van der Waals surface area (Å²) in [7, 11) is 0. The van der Waals surface area contributed by atoms with E-state index in [-0.39, 0.29) is 11.5 Å². The van der Waals surface area contributed by atoms with Crippen molar-refractivity contribution in [3.63, 3.8) is 0 Å². The van der Waals surface area contributed by atoms with Crippen LogP contribution in [0, 0.1) is 5.41 Å². The molecule has 0 amide bonds. The van der Waals surface area contributed by atoms with Crippen LogP contribution >= 0.6 is 0 Å². The molecule has 3 nitrogen and oxygen atoms in total. The first-order valence-electron chi connectivity index (χ1n) is 5.36. The fourth-order valence-corrected chi connectivity index (χ4v) is 1.76. The monoisotopic (exact) mass is 201 g/mol. The highest BCUT2D eigenvalue weighted by Crippen LogP contribution is 2.28. The van der Waals surface area contributed by atoms with Gasteiger partial charge in [-0.05, 0) is 26.8 Å². The van der Waals surface area contributed by atoms with Gasteiger partial charge in [0.15, 0.2) is 0 Å². The summed E-state index contributed by atoms with van der Waals surface area (Å²) >= 11 is 0. The average molecular weight is 201 g/mol. The number of rotatable bonds is 3. The molecular formula is C11H23NO2. The number of nitrogens with one attached hydrogen (secondary N) is 1. The third-order valence-corrected chi connectivity index (χ3v) is 2.67. The Morgan fingerprint density at radius 3 is 2.64 bits per heavy atom. The second-order valence-electron chi connectivity index (χ2n) is 5.57. The second-order valence-corrected chi connectivity index (χ2v) is 5.57. The van der Waals surface area contributed by atoms with Crippen LogP contribution in [0.15, 0.2) is 0 Å². The van der Waals surface area contributed by atoms with E-state index in [9.17, 15) is 5.11 Å². The van der Waals surface area contributed by atoms with Gasteiger partial charge in [0, 0.05) is 12.0 Å². The van der Waals surface area contributed by atoms with E-state index in [4.69, 9.17) is 4.74 Å². The maximum atomic E-state index is 9.58. The third-order valence-electron chi connectivity index (χ3n) is 2.67. The van der Waals surface area contributed by atoms with E-state index >= 15 is 0 Å². The van der Waals surface area contributed by atoms with Crippen molar-refractivity contribution in [3.05, 3.63) is 0 Å². The predicted octanol–water partition coefficient (Wildman–Crippen LogP) is 1.16. The Morgan fingerprint density at radius 1 is 1.50 bits per heavy atom. The fraction of sp³-hybridized carbons (Fsp3) is 1.00. The molecule has 0 saturated carbocycles. The maximum absolute atomic E-state index is 9.58. The summed E-state index contributed by atoms with van der Waals surface area (Å²) in [4.78, 5) is 0. The summed E-state index contributed by atoms with van der Waals surface area (Å²) in [6.45, 7) is 10.4. The zero-order chi connectivity index (χ0) is 10.8. The number of hydrogen-bond donors (Lipinski definition) is 2. The Morgan fingerprint density at radius 2 is 2.14 bits per heavy atom. The summed E-state index contributed by atoms with van der Waals surface area (Å²) in [5.74, 6) is 0. The van der Waals surface area contributed by atoms with Gasteiger partial charge in [0.25, 0.3) is 0 Å². The highest BCUT2D eigenvalue weighted by atomic mass is 16.5. The van der Waals surface area contributed by atoms with E-state index in [1.165, 1.54) is 0 Å². The summed E-state index contributed by atoms with van der Waals surface area (Å²) < 4.78 is 5.77. The molecule has 1 heterocycles. The molecule has 0 bridgehead atoms. The van der Waals surface area contributed by atoms with Crippen LogP contribution in [0.2, 0.25) is 0 Å². The van der Waals surface area contributed by atoms with E-state index in [1.54, 1.807) is 13.8 Å². The normalized spacial score (nSPS) is 27.6. The van der Waals surface area contributed by atoms with Crippen LogP contribution in [-0.4, -0.2) is 36.5 Å². The van der Waals surface area contributed by atoms with Crippen molar-refractivity contribution < 1.29 is 9.84 Å². The molecule has 0 radical (unpaired) electrons. The van der Waals surface area contributed by atoms with Gasteiger partial charge in [-0.3, -0.25) is 0 Å². The second kappa shape index (κ2) is 4.17. The summed E-state index contributed by atoms with van der Waals surface area (Å²) in [6.07, 6.45) is 1.29. The zero-order valence-electron chi connectivity index (χ0n) is 9.76. The number of piperidine rings is 1. The lowest BCUT2D eigenvalue weighted by atomic mass is 9.82. The van der Waals surface area contributed by atoms with Crippen LogP contribution in [0.5, 0.6) is 0 Å². The Balaban J connectivity index is 2.42. The van der Waals surface area contributed by atoms with E-state index in [2.05, 4.69) is 19.2 Å². The van der Waals surface area contributed by atoms with Gasteiger partial charge in [0.2, 0.25) is 0 Å². The molecule has 3 heteroatoms. The van der Waals surface area contributed by atoms with Crippen LogP contribution in [-0.2, 0) is 4.74 Å². The fourth-order valence-electron chi connectivity index (χ4n) is 1.76. The lowest BCUT2D eigenvalue weighted by Crippen LogP contribution is -2.48. The predicted molar refractivity (Wildman–Crippen MR) is 57.3 cm³/mol. The van der Waals surface area contributed by atoms with Gasteiger partial charge in [0.1, 0.15) is 0 Å². The first-order chi connectivity index (χ1) is 6.31. The largest absolute Gasteiger partial charge is 0.388 e. The van der Waals surface area contributed by atoms with Crippen molar-refractivity contribution in [2.24, 2.45) is 5.41 Å². The van der Waals surface area contributed by atoms with Crippen molar-refractivity contribution in [2.45, 2.75) is 45.8 Å². The van der Waals surface area contributed by atoms with Gasteiger partial charge in [-0.1, -0.05) is 13.8 Å². The topological polar surface area (TPSA) is 41.5 Å². The summed E-state index contributed by atoms with van der Waals surface area (Å²) in [6, 6.07) is 0. The van der Waals surface area contributed by atoms with Gasteiger partial charge >= 0.3 is 0 Å². The molecule has 1 unspecified atom stereocenters. The third kappa shape index (κ3) is 3.56. The smallest absolute Gasteiger partial charge is 0.0824 e. The van der Waals surface area contributed by atoms with Crippen molar-refractivity contribution in [1.82, 2.24) is 5.32 Å². The zero-order valence-corrected chi connectivity index (χ0v) is 9.76. The van der Waals surface area contributed by atoms with Crippen molar-refractivity contribution in [1.29, 1.82) is 0 Å². The Kier molecular flexibility index (Phi) is 3.56. The quantitative estimate of drug-likeness (QED) is 0.720. The molecule has 1 aliphatic rings. The number of hydrogen-bond acceptors (Lipinski definition) is 3. The first-order valence-corrected chi connectivity index (χ1v) is 5.36. The Hall–Kier alpha value is -0.120. The molecule has 0 aromatic carbocycles. The molecule has 1 saturated heterocycles. The van der Waals surface area contributed by atoms with Gasteiger partial charge in [0.05, 0.1) is 18.3 Å². The van der Waals surface area contributed by atoms with Gasteiger partial charge in [-0.2, -0.15) is 0 Å². The molecule has 0 aromatic heterocycles. The van der Waals surface area contributed by atoms with Crippen LogP contribution in [0.3, 0.4) is 0 Å². The Bertz CT molecular complexity index is 184. The van der Waals surface area contributed by atoms with E-state index < -0.39 is 5.60 Å². The molecule has 1 rings (SSSR count). The van der Waals surface area contributed by atoms with E-state index in [1.807, 2.05) is 0 Å². The van der Waals surface area contributed by atoms with Crippen LogP contribution in [0.25, 0.3) is 0 Å². The minimum atomic E-state index is -0.721. The minimum Gasteiger partial charge on any atom is -0.388 e. The molecule has 2 N–H and O–H groups in total. The lowest BCUT2D eigenvalue weighted by Gasteiger charge is -2.39. The summed E-state index contributed by atoms with van der Waals surface area (Å²) in [5, 5.41) is 12.9. The highest BCUT2D eigenvalue weighted by molar-refractivity contribution is 4.86. The van der Waals surface area contributed by atoms with Crippen molar-refractivity contribution in [2.75, 3.05) is 19.7 Å². The molecule has 84 valence electrons. The molecular weight excluding hydrogens is 178 g/mol.